The van der Waals surface area contributed by atoms with Gasteiger partial charge >= 0.3 is 11.9 Å². The van der Waals surface area contributed by atoms with Gasteiger partial charge in [0.25, 0.3) is 0 Å². The van der Waals surface area contributed by atoms with Gasteiger partial charge in [-0.05, 0) is 86.0 Å². The number of carbonyl (C=O) groups is 4. The minimum atomic E-state index is -1.73. The molecule has 6 aliphatic rings. The largest absolute Gasteiger partial charge is 0.481 e. The fourth-order valence-corrected chi connectivity index (χ4v) is 9.98. The number of aliphatic hydroxyl groups is 2. The number of hydrogen-bond donors (Lipinski definition) is 3. The van der Waals surface area contributed by atoms with Crippen molar-refractivity contribution in [1.29, 1.82) is 0 Å². The van der Waals surface area contributed by atoms with Crippen molar-refractivity contribution in [2.45, 2.75) is 76.9 Å². The molecule has 8 nitrogen and oxygen atoms in total. The summed E-state index contributed by atoms with van der Waals surface area (Å²) < 4.78 is 5.41. The molecule has 3 N–H and O–H groups in total. The fraction of sp³-hybridized carbons (Fsp3) is 0.733. The molecule has 0 aromatic heterocycles. The Morgan fingerprint density at radius 3 is 2.47 bits per heavy atom. The zero-order valence-corrected chi connectivity index (χ0v) is 22.1. The van der Waals surface area contributed by atoms with Gasteiger partial charge in [-0.15, -0.1) is 0 Å². The Morgan fingerprint density at radius 2 is 1.76 bits per heavy atom. The highest BCUT2D eigenvalue weighted by Crippen LogP contribution is 2.67. The lowest BCUT2D eigenvalue weighted by Crippen LogP contribution is -2.62. The normalized spacial score (nSPS) is 48.6. The molecular formula is C30H38O8. The molecule has 8 heteroatoms. The summed E-state index contributed by atoms with van der Waals surface area (Å²) in [5.74, 6) is -4.09. The molecule has 0 aromatic carbocycles. The Hall–Kier alpha value is -2.32. The first kappa shape index (κ1) is 25.9. The van der Waals surface area contributed by atoms with E-state index in [4.69, 9.17) is 4.74 Å². The smallest absolute Gasteiger partial charge is 0.310 e. The minimum absolute atomic E-state index is 0.0252. The van der Waals surface area contributed by atoms with Gasteiger partial charge in [-0.3, -0.25) is 19.2 Å². The zero-order chi connectivity index (χ0) is 27.2. The number of aliphatic hydroxyl groups excluding tert-OH is 1. The third kappa shape index (κ3) is 3.41. The molecule has 0 unspecified atom stereocenters. The number of fused-ring (bicyclic) bond motifs is 7. The Kier molecular flexibility index (Phi) is 5.86. The molecule has 38 heavy (non-hydrogen) atoms. The lowest BCUT2D eigenvalue weighted by molar-refractivity contribution is -0.185. The second-order valence-corrected chi connectivity index (χ2v) is 13.3. The lowest BCUT2D eigenvalue weighted by atomic mass is 9.45. The SMILES string of the molecule is C[C@]12CCC(=O)C=C1CC[C@@H]1[C@@H]2[C@@H](O)C[C@@]2(C)[C@H]1CC[C@@]2(O)C(=O)COC(=O)[C@H]1[C@@H](C(=O)O)[C@H]2C=C[C@H]1C2. The van der Waals surface area contributed by atoms with Crippen LogP contribution in [0.25, 0.3) is 0 Å². The van der Waals surface area contributed by atoms with E-state index >= 15 is 0 Å². The molecule has 0 amide bonds. The standard InChI is InChI=1S/C30H38O8/c1-28-9-7-18(31)12-17(28)5-6-19-20-8-10-30(37,29(20,2)13-21(32)25(19)28)22(33)14-38-27(36)24-16-4-3-15(11-16)23(24)26(34)35/h3-4,12,15-16,19-21,23-25,32,37H,5-11,13-14H2,1-2H3,(H,34,35)/t15-,16-,19-,20-,21-,23-,24+,25+,28-,29-,30+/m0/s1. The van der Waals surface area contributed by atoms with Crippen LogP contribution in [0.5, 0.6) is 0 Å². The molecule has 0 aromatic rings. The highest BCUT2D eigenvalue weighted by Gasteiger charge is 2.68. The fourth-order valence-electron chi connectivity index (χ4n) is 9.98. The van der Waals surface area contributed by atoms with Gasteiger partial charge in [0, 0.05) is 11.8 Å². The molecule has 0 saturated heterocycles. The van der Waals surface area contributed by atoms with Gasteiger partial charge in [0.05, 0.1) is 17.9 Å². The number of ketones is 2. The molecular weight excluding hydrogens is 488 g/mol. The summed E-state index contributed by atoms with van der Waals surface area (Å²) in [5.41, 5.74) is -1.72. The molecule has 0 radical (unpaired) electrons. The average molecular weight is 527 g/mol. The van der Waals surface area contributed by atoms with Gasteiger partial charge in [0.2, 0.25) is 5.78 Å². The van der Waals surface area contributed by atoms with Gasteiger partial charge in [-0.1, -0.05) is 31.6 Å². The second kappa shape index (κ2) is 8.59. The van der Waals surface area contributed by atoms with Crippen LogP contribution in [0, 0.1) is 52.3 Å². The molecule has 0 heterocycles. The highest BCUT2D eigenvalue weighted by molar-refractivity contribution is 5.92. The number of esters is 1. The van der Waals surface area contributed by atoms with Crippen LogP contribution in [0.15, 0.2) is 23.8 Å². The lowest BCUT2D eigenvalue weighted by Gasteiger charge is -2.60. The maximum Gasteiger partial charge on any atom is 0.310 e. The monoisotopic (exact) mass is 526 g/mol. The number of carboxylic acids is 1. The van der Waals surface area contributed by atoms with Crippen LogP contribution in [0.3, 0.4) is 0 Å². The summed E-state index contributed by atoms with van der Waals surface area (Å²) >= 11 is 0. The third-order valence-electron chi connectivity index (χ3n) is 11.9. The first-order valence-electron chi connectivity index (χ1n) is 14.2. The number of carboxylic acid groups (broad SMARTS) is 1. The van der Waals surface area contributed by atoms with Crippen molar-refractivity contribution in [2.75, 3.05) is 6.61 Å². The highest BCUT2D eigenvalue weighted by atomic mass is 16.5. The maximum atomic E-state index is 13.5. The van der Waals surface area contributed by atoms with Gasteiger partial charge in [-0.2, -0.15) is 0 Å². The molecule has 4 fully saturated rings. The Labute approximate surface area is 222 Å². The number of Topliss-reactive ketones (excluding diaryl/α,β-unsaturated/α-hetero) is 1. The Morgan fingerprint density at radius 1 is 1.05 bits per heavy atom. The summed E-state index contributed by atoms with van der Waals surface area (Å²) in [4.78, 5) is 50.4. The third-order valence-corrected chi connectivity index (χ3v) is 11.9. The summed E-state index contributed by atoms with van der Waals surface area (Å²) in [7, 11) is 0. The number of carbonyl (C=O) groups excluding carboxylic acids is 3. The van der Waals surface area contributed by atoms with E-state index < -0.39 is 53.3 Å². The average Bonchev–Trinajstić information content (AvgIpc) is 3.55. The zero-order valence-electron chi connectivity index (χ0n) is 22.1. The van der Waals surface area contributed by atoms with Crippen LogP contribution >= 0.6 is 0 Å². The van der Waals surface area contributed by atoms with E-state index in [1.165, 1.54) is 0 Å². The van der Waals surface area contributed by atoms with Crippen molar-refractivity contribution in [1.82, 2.24) is 0 Å². The quantitative estimate of drug-likeness (QED) is 0.367. The van der Waals surface area contributed by atoms with Crippen LogP contribution in [0.1, 0.15) is 65.2 Å². The molecule has 206 valence electrons. The van der Waals surface area contributed by atoms with Gasteiger partial charge in [0.15, 0.2) is 12.4 Å². The minimum Gasteiger partial charge on any atom is -0.481 e. The van der Waals surface area contributed by atoms with Crippen molar-refractivity contribution >= 4 is 23.5 Å². The van der Waals surface area contributed by atoms with Crippen molar-refractivity contribution in [3.63, 3.8) is 0 Å². The first-order valence-corrected chi connectivity index (χ1v) is 14.2. The van der Waals surface area contributed by atoms with E-state index in [2.05, 4.69) is 6.92 Å². The van der Waals surface area contributed by atoms with Crippen molar-refractivity contribution < 1.29 is 39.2 Å². The number of rotatable bonds is 5. The van der Waals surface area contributed by atoms with E-state index in [0.29, 0.717) is 25.7 Å². The van der Waals surface area contributed by atoms with E-state index in [-0.39, 0.29) is 53.6 Å². The molecule has 0 aliphatic heterocycles. The van der Waals surface area contributed by atoms with Gasteiger partial charge < -0.3 is 20.1 Å². The van der Waals surface area contributed by atoms with Gasteiger partial charge in [0.1, 0.15) is 5.60 Å². The number of hydrogen-bond acceptors (Lipinski definition) is 7. The summed E-state index contributed by atoms with van der Waals surface area (Å²) in [6.45, 7) is 3.45. The predicted octanol–water partition coefficient (Wildman–Crippen LogP) is 2.86. The topological polar surface area (TPSA) is 138 Å². The van der Waals surface area contributed by atoms with Crippen molar-refractivity contribution in [3.05, 3.63) is 23.8 Å². The molecule has 4 saturated carbocycles. The second-order valence-electron chi connectivity index (χ2n) is 13.3. The molecule has 6 aliphatic carbocycles. The number of aliphatic carboxylic acids is 1. The van der Waals surface area contributed by atoms with Crippen molar-refractivity contribution in [2.24, 2.45) is 52.3 Å². The van der Waals surface area contributed by atoms with E-state index in [1.54, 1.807) is 6.08 Å². The van der Waals surface area contributed by atoms with Gasteiger partial charge in [-0.25, -0.2) is 0 Å². The van der Waals surface area contributed by atoms with E-state index in [1.807, 2.05) is 19.1 Å². The summed E-state index contributed by atoms with van der Waals surface area (Å²) in [6, 6.07) is 0. The maximum absolute atomic E-state index is 13.5. The summed E-state index contributed by atoms with van der Waals surface area (Å²) in [5, 5.41) is 33.0. The van der Waals surface area contributed by atoms with E-state index in [0.717, 1.165) is 18.4 Å². The molecule has 11 atom stereocenters. The summed E-state index contributed by atoms with van der Waals surface area (Å²) in [6.07, 6.45) is 9.31. The van der Waals surface area contributed by atoms with E-state index in [9.17, 15) is 34.5 Å². The van der Waals surface area contributed by atoms with Crippen LogP contribution in [-0.2, 0) is 23.9 Å². The van der Waals surface area contributed by atoms with Crippen LogP contribution in [0.2, 0.25) is 0 Å². The van der Waals surface area contributed by atoms with Crippen LogP contribution in [-0.4, -0.2) is 57.1 Å². The molecule has 0 spiro atoms. The van der Waals surface area contributed by atoms with Crippen LogP contribution in [0.4, 0.5) is 0 Å². The predicted molar refractivity (Wildman–Crippen MR) is 134 cm³/mol. The first-order chi connectivity index (χ1) is 17.9. The number of ether oxygens (including phenoxy) is 1. The van der Waals surface area contributed by atoms with Crippen LogP contribution < -0.4 is 0 Å². The molecule has 2 bridgehead atoms. The molecule has 6 rings (SSSR count). The Bertz CT molecular complexity index is 1150. The number of allylic oxidation sites excluding steroid dienone is 3. The van der Waals surface area contributed by atoms with Crippen molar-refractivity contribution in [3.8, 4) is 0 Å². The Balaban J connectivity index is 1.19.